The van der Waals surface area contributed by atoms with Gasteiger partial charge >= 0.3 is 0 Å². The Balaban J connectivity index is 4.02. The third-order valence-electron chi connectivity index (χ3n) is 1.95. The minimum atomic E-state index is 0.0413. The lowest BCUT2D eigenvalue weighted by atomic mass is 10.1. The molecule has 0 fully saturated rings. The summed E-state index contributed by atoms with van der Waals surface area (Å²) in [6.45, 7) is 9.64. The lowest BCUT2D eigenvalue weighted by molar-refractivity contribution is -0.113. The molecular formula is C14H20O. The molecule has 0 unspecified atom stereocenters. The second-order valence-electron chi connectivity index (χ2n) is 3.82. The van der Waals surface area contributed by atoms with Gasteiger partial charge in [0, 0.05) is 6.42 Å². The first-order valence-corrected chi connectivity index (χ1v) is 5.25. The van der Waals surface area contributed by atoms with Crippen molar-refractivity contribution in [3.63, 3.8) is 0 Å². The average Bonchev–Trinajstić information content (AvgIpc) is 2.17. The number of hydrogen-bond donors (Lipinski definition) is 0. The molecule has 0 rings (SSSR count). The van der Waals surface area contributed by atoms with E-state index in [0.29, 0.717) is 6.42 Å². The van der Waals surface area contributed by atoms with Crippen LogP contribution in [-0.2, 0) is 4.79 Å². The third-order valence-corrected chi connectivity index (χ3v) is 1.95. The van der Waals surface area contributed by atoms with Crippen molar-refractivity contribution in [2.45, 2.75) is 40.0 Å². The van der Waals surface area contributed by atoms with E-state index in [1.165, 1.54) is 17.2 Å². The molecule has 0 radical (unpaired) electrons. The summed E-state index contributed by atoms with van der Waals surface area (Å²) in [4.78, 5) is 10.9. The molecule has 15 heavy (non-hydrogen) atoms. The molecule has 0 aromatic heterocycles. The fourth-order valence-electron chi connectivity index (χ4n) is 1.06. The van der Waals surface area contributed by atoms with E-state index in [-0.39, 0.29) is 5.78 Å². The molecule has 0 aromatic carbocycles. The second-order valence-corrected chi connectivity index (χ2v) is 3.82. The number of rotatable bonds is 6. The Morgan fingerprint density at radius 3 is 2.53 bits per heavy atom. The van der Waals surface area contributed by atoms with Gasteiger partial charge in [-0.05, 0) is 51.3 Å². The van der Waals surface area contributed by atoms with E-state index in [1.807, 2.05) is 6.92 Å². The van der Waals surface area contributed by atoms with Gasteiger partial charge in [0.05, 0.1) is 0 Å². The number of hydrogen-bond acceptors (Lipinski definition) is 1. The molecular weight excluding hydrogens is 184 g/mol. The third kappa shape index (κ3) is 8.99. The van der Waals surface area contributed by atoms with Crippen LogP contribution in [0.5, 0.6) is 0 Å². The van der Waals surface area contributed by atoms with E-state index in [2.05, 4.69) is 32.2 Å². The zero-order valence-electron chi connectivity index (χ0n) is 9.97. The topological polar surface area (TPSA) is 17.1 Å². The highest BCUT2D eigenvalue weighted by Gasteiger charge is 1.89. The van der Waals surface area contributed by atoms with Gasteiger partial charge in [-0.1, -0.05) is 18.2 Å². The van der Waals surface area contributed by atoms with Gasteiger partial charge in [0.25, 0.3) is 0 Å². The fourth-order valence-corrected chi connectivity index (χ4v) is 1.06. The molecule has 0 saturated carbocycles. The van der Waals surface area contributed by atoms with E-state index >= 15 is 0 Å². The van der Waals surface area contributed by atoms with E-state index in [0.717, 1.165) is 12.8 Å². The molecule has 0 amide bonds. The van der Waals surface area contributed by atoms with E-state index < -0.39 is 0 Å². The first-order valence-electron chi connectivity index (χ1n) is 5.25. The van der Waals surface area contributed by atoms with Crippen LogP contribution in [0.15, 0.2) is 41.7 Å². The monoisotopic (exact) mass is 204 g/mol. The highest BCUT2D eigenvalue weighted by atomic mass is 16.1. The summed E-state index contributed by atoms with van der Waals surface area (Å²) in [5, 5.41) is 0. The maximum Gasteiger partial charge on any atom is 0.159 e. The standard InChI is InChI=1S/C14H20O/c1-5-14(15)11-7-10-13(4)9-6-8-12(2)3/h5,7-8H,1,6,9,11H2,2-4H3. The number of allylic oxidation sites excluding steroid dienone is 4. The molecule has 0 atom stereocenters. The van der Waals surface area contributed by atoms with E-state index in [1.54, 1.807) is 6.08 Å². The van der Waals surface area contributed by atoms with Gasteiger partial charge in [-0.25, -0.2) is 0 Å². The minimum Gasteiger partial charge on any atom is -0.295 e. The van der Waals surface area contributed by atoms with Crippen molar-refractivity contribution in [1.82, 2.24) is 0 Å². The van der Waals surface area contributed by atoms with Crippen molar-refractivity contribution >= 4 is 5.78 Å². The molecule has 1 heteroatoms. The van der Waals surface area contributed by atoms with Crippen molar-refractivity contribution in [3.05, 3.63) is 41.7 Å². The first kappa shape index (κ1) is 13.7. The highest BCUT2D eigenvalue weighted by molar-refractivity contribution is 5.90. The predicted molar refractivity (Wildman–Crippen MR) is 65.8 cm³/mol. The predicted octanol–water partition coefficient (Wildman–Crippen LogP) is 3.98. The first-order chi connectivity index (χ1) is 7.06. The summed E-state index contributed by atoms with van der Waals surface area (Å²) in [5.74, 6) is 0.0413. The van der Waals surface area contributed by atoms with E-state index in [9.17, 15) is 4.79 Å². The molecule has 0 aliphatic heterocycles. The Morgan fingerprint density at radius 1 is 1.33 bits per heavy atom. The van der Waals surface area contributed by atoms with Crippen molar-refractivity contribution in [3.8, 4) is 0 Å². The van der Waals surface area contributed by atoms with Crippen LogP contribution in [0.1, 0.15) is 40.0 Å². The SMILES string of the molecule is C=CC(=O)CC=C=C(C)CCC=C(C)C. The average molecular weight is 204 g/mol. The molecule has 0 aliphatic carbocycles. The Hall–Kier alpha value is -1.33. The largest absolute Gasteiger partial charge is 0.295 e. The van der Waals surface area contributed by atoms with Crippen LogP contribution in [0.4, 0.5) is 0 Å². The van der Waals surface area contributed by atoms with Crippen LogP contribution >= 0.6 is 0 Å². The lowest BCUT2D eigenvalue weighted by Crippen LogP contribution is -1.86. The summed E-state index contributed by atoms with van der Waals surface area (Å²) < 4.78 is 0. The van der Waals surface area contributed by atoms with Crippen LogP contribution in [-0.4, -0.2) is 5.78 Å². The minimum absolute atomic E-state index is 0.0413. The van der Waals surface area contributed by atoms with Crippen LogP contribution in [0.2, 0.25) is 0 Å². The maximum absolute atomic E-state index is 10.9. The summed E-state index contributed by atoms with van der Waals surface area (Å²) in [5.41, 5.74) is 5.64. The van der Waals surface area contributed by atoms with Gasteiger partial charge in [-0.15, -0.1) is 5.73 Å². The molecule has 1 nitrogen and oxygen atoms in total. The zero-order chi connectivity index (χ0) is 11.7. The van der Waals surface area contributed by atoms with Crippen LogP contribution < -0.4 is 0 Å². The van der Waals surface area contributed by atoms with Gasteiger partial charge in [0.2, 0.25) is 0 Å². The summed E-state index contributed by atoms with van der Waals surface area (Å²) in [7, 11) is 0. The number of carbonyl (C=O) groups is 1. The van der Waals surface area contributed by atoms with Crippen LogP contribution in [0, 0.1) is 0 Å². The van der Waals surface area contributed by atoms with Gasteiger partial charge in [0.15, 0.2) is 5.78 Å². The van der Waals surface area contributed by atoms with E-state index in [4.69, 9.17) is 0 Å². The van der Waals surface area contributed by atoms with Crippen molar-refractivity contribution in [2.75, 3.05) is 0 Å². The summed E-state index contributed by atoms with van der Waals surface area (Å²) >= 11 is 0. The molecule has 0 spiro atoms. The number of carbonyl (C=O) groups excluding carboxylic acids is 1. The van der Waals surface area contributed by atoms with Gasteiger partial charge < -0.3 is 0 Å². The molecule has 0 saturated heterocycles. The number of ketones is 1. The Labute approximate surface area is 92.9 Å². The van der Waals surface area contributed by atoms with Crippen molar-refractivity contribution in [2.24, 2.45) is 0 Å². The molecule has 0 bridgehead atoms. The molecule has 0 heterocycles. The maximum atomic E-state index is 10.9. The smallest absolute Gasteiger partial charge is 0.159 e. The van der Waals surface area contributed by atoms with Gasteiger partial charge in [0.1, 0.15) is 0 Å². The molecule has 0 aromatic rings. The van der Waals surface area contributed by atoms with Crippen LogP contribution in [0.25, 0.3) is 0 Å². The quantitative estimate of drug-likeness (QED) is 0.363. The lowest BCUT2D eigenvalue weighted by Gasteiger charge is -1.94. The van der Waals surface area contributed by atoms with Crippen molar-refractivity contribution < 1.29 is 4.79 Å². The summed E-state index contributed by atoms with van der Waals surface area (Å²) in [6, 6.07) is 0. The fraction of sp³-hybridized carbons (Fsp3) is 0.429. The zero-order valence-corrected chi connectivity index (χ0v) is 9.97. The Bertz CT molecular complexity index is 308. The molecule has 0 N–H and O–H groups in total. The normalized spacial score (nSPS) is 8.73. The highest BCUT2D eigenvalue weighted by Crippen LogP contribution is 2.05. The molecule has 82 valence electrons. The van der Waals surface area contributed by atoms with Crippen LogP contribution in [0.3, 0.4) is 0 Å². The Morgan fingerprint density at radius 2 is 2.00 bits per heavy atom. The van der Waals surface area contributed by atoms with Gasteiger partial charge in [-0.2, -0.15) is 0 Å². The molecule has 0 aliphatic rings. The van der Waals surface area contributed by atoms with Gasteiger partial charge in [-0.3, -0.25) is 4.79 Å². The second kappa shape index (κ2) is 8.02. The Kier molecular flexibility index (Phi) is 7.31. The summed E-state index contributed by atoms with van der Waals surface area (Å²) in [6.07, 6.45) is 7.79. The van der Waals surface area contributed by atoms with Crippen molar-refractivity contribution in [1.29, 1.82) is 0 Å².